The highest BCUT2D eigenvalue weighted by Gasteiger charge is 2.39. The van der Waals surface area contributed by atoms with Crippen LogP contribution in [0.1, 0.15) is 0 Å². The second-order valence-electron chi connectivity index (χ2n) is 14.2. The lowest BCUT2D eigenvalue weighted by Gasteiger charge is -2.29. The second kappa shape index (κ2) is 11.4. The Morgan fingerprint density at radius 3 is 1.96 bits per heavy atom. The molecule has 0 saturated carbocycles. The van der Waals surface area contributed by atoms with E-state index in [1.807, 2.05) is 6.07 Å². The Morgan fingerprint density at radius 2 is 1.10 bits per heavy atom. The van der Waals surface area contributed by atoms with Gasteiger partial charge in [0.1, 0.15) is 19.2 Å². The molecule has 3 heteroatoms. The van der Waals surface area contributed by atoms with E-state index in [1.54, 1.807) is 0 Å². The number of fused-ring (bicyclic) bond motifs is 7. The molecule has 1 aliphatic rings. The maximum absolute atomic E-state index is 6.38. The van der Waals surface area contributed by atoms with Gasteiger partial charge in [0.05, 0.1) is 5.69 Å². The van der Waals surface area contributed by atoms with Gasteiger partial charge in [0.25, 0.3) is 0 Å². The standard InChI is InChI=1S/C48H35NOSi/c1-51(2)47-29-38(26-27-41(47)43-30-42-40-17-9-11-19-45(40)50-46(42)31-48(43)51)49(44-18-10-8-16-39(44)34-13-4-3-5-14-34)37-24-22-33(23-25-37)36-21-20-32-12-6-7-15-35(32)28-36/h3-31H,1-2H3. The monoisotopic (exact) mass is 669 g/mol. The van der Waals surface area contributed by atoms with Gasteiger partial charge in [0.15, 0.2) is 0 Å². The highest BCUT2D eigenvalue weighted by molar-refractivity contribution is 7.04. The van der Waals surface area contributed by atoms with E-state index in [1.165, 1.54) is 65.3 Å². The molecule has 0 N–H and O–H groups in total. The number of hydrogen-bond donors (Lipinski definition) is 0. The number of hydrogen-bond acceptors (Lipinski definition) is 2. The summed E-state index contributed by atoms with van der Waals surface area (Å²) >= 11 is 0. The summed E-state index contributed by atoms with van der Waals surface area (Å²) in [5.41, 5.74) is 12.9. The van der Waals surface area contributed by atoms with E-state index in [4.69, 9.17) is 4.42 Å². The SMILES string of the molecule is C[Si]1(C)c2cc(N(c3ccc(-c4ccc5ccccc5c4)cc3)c3ccccc3-c3ccccc3)ccc2-c2cc3c(cc21)oc1ccccc13. The molecule has 51 heavy (non-hydrogen) atoms. The van der Waals surface area contributed by atoms with Gasteiger partial charge in [0, 0.05) is 27.7 Å². The van der Waals surface area contributed by atoms with E-state index in [9.17, 15) is 0 Å². The number of benzene rings is 8. The average molecular weight is 670 g/mol. The summed E-state index contributed by atoms with van der Waals surface area (Å²) in [4.78, 5) is 2.44. The van der Waals surface area contributed by atoms with Gasteiger partial charge in [-0.05, 0) is 104 Å². The van der Waals surface area contributed by atoms with Crippen LogP contribution in [-0.2, 0) is 0 Å². The zero-order valence-electron chi connectivity index (χ0n) is 28.6. The summed E-state index contributed by atoms with van der Waals surface area (Å²) in [7, 11) is -2.07. The molecule has 0 aliphatic carbocycles. The molecular weight excluding hydrogens is 635 g/mol. The van der Waals surface area contributed by atoms with Gasteiger partial charge in [-0.15, -0.1) is 0 Å². The summed E-state index contributed by atoms with van der Waals surface area (Å²) < 4.78 is 6.38. The van der Waals surface area contributed by atoms with Crippen LogP contribution < -0.4 is 15.3 Å². The minimum absolute atomic E-state index is 0.950. The third-order valence-electron chi connectivity index (χ3n) is 10.9. The van der Waals surface area contributed by atoms with Crippen LogP contribution in [0.5, 0.6) is 0 Å². The number of para-hydroxylation sites is 2. The van der Waals surface area contributed by atoms with Crippen LogP contribution >= 0.6 is 0 Å². The molecule has 0 atom stereocenters. The van der Waals surface area contributed by atoms with Gasteiger partial charge in [-0.3, -0.25) is 0 Å². The first-order valence-electron chi connectivity index (χ1n) is 17.7. The quantitative estimate of drug-likeness (QED) is 0.170. The molecule has 0 bridgehead atoms. The van der Waals surface area contributed by atoms with Crippen molar-refractivity contribution in [3.63, 3.8) is 0 Å². The molecule has 242 valence electrons. The van der Waals surface area contributed by atoms with Crippen molar-refractivity contribution in [1.29, 1.82) is 0 Å². The van der Waals surface area contributed by atoms with Crippen LogP contribution in [-0.4, -0.2) is 8.07 Å². The van der Waals surface area contributed by atoms with Crippen LogP contribution in [0.2, 0.25) is 13.1 Å². The number of furan rings is 1. The first-order valence-corrected chi connectivity index (χ1v) is 20.7. The van der Waals surface area contributed by atoms with Gasteiger partial charge in [0.2, 0.25) is 0 Å². The molecule has 2 nitrogen and oxygen atoms in total. The van der Waals surface area contributed by atoms with E-state index in [0.717, 1.165) is 28.2 Å². The Labute approximate surface area is 298 Å². The van der Waals surface area contributed by atoms with Crippen LogP contribution in [0.4, 0.5) is 17.1 Å². The number of nitrogens with zero attached hydrogens (tertiary/aromatic N) is 1. The molecule has 8 aromatic carbocycles. The molecule has 0 unspecified atom stereocenters. The molecule has 0 amide bonds. The second-order valence-corrected chi connectivity index (χ2v) is 18.5. The van der Waals surface area contributed by atoms with Crippen molar-refractivity contribution in [2.24, 2.45) is 0 Å². The summed E-state index contributed by atoms with van der Waals surface area (Å²) in [5, 5.41) is 7.78. The lowest BCUT2D eigenvalue weighted by Crippen LogP contribution is -2.49. The number of anilines is 3. The summed E-state index contributed by atoms with van der Waals surface area (Å²) in [5.74, 6) is 0. The molecule has 0 saturated heterocycles. The predicted molar refractivity (Wildman–Crippen MR) is 219 cm³/mol. The Bertz CT molecular complexity index is 2780. The normalized spacial score (nSPS) is 13.1. The third-order valence-corrected chi connectivity index (χ3v) is 14.4. The fourth-order valence-corrected chi connectivity index (χ4v) is 11.3. The van der Waals surface area contributed by atoms with Crippen molar-refractivity contribution < 1.29 is 4.42 Å². The number of rotatable bonds is 5. The Kier molecular flexibility index (Phi) is 6.67. The zero-order valence-corrected chi connectivity index (χ0v) is 29.6. The van der Waals surface area contributed by atoms with Crippen molar-refractivity contribution in [3.05, 3.63) is 176 Å². The van der Waals surface area contributed by atoms with Crippen molar-refractivity contribution in [2.45, 2.75) is 13.1 Å². The van der Waals surface area contributed by atoms with Crippen LogP contribution in [0.3, 0.4) is 0 Å². The van der Waals surface area contributed by atoms with E-state index < -0.39 is 8.07 Å². The maximum atomic E-state index is 6.38. The predicted octanol–water partition coefficient (Wildman–Crippen LogP) is 12.3. The smallest absolute Gasteiger partial charge is 0.135 e. The Morgan fingerprint density at radius 1 is 0.412 bits per heavy atom. The minimum atomic E-state index is -2.07. The molecule has 10 rings (SSSR count). The van der Waals surface area contributed by atoms with Gasteiger partial charge in [-0.2, -0.15) is 0 Å². The van der Waals surface area contributed by atoms with Crippen molar-refractivity contribution in [1.82, 2.24) is 0 Å². The molecule has 0 spiro atoms. The van der Waals surface area contributed by atoms with E-state index in [0.29, 0.717) is 0 Å². The lowest BCUT2D eigenvalue weighted by atomic mass is 9.99. The summed E-state index contributed by atoms with van der Waals surface area (Å²) in [6.07, 6.45) is 0. The maximum Gasteiger partial charge on any atom is 0.135 e. The van der Waals surface area contributed by atoms with Crippen LogP contribution in [0, 0.1) is 0 Å². The fraction of sp³-hybridized carbons (Fsp3) is 0.0417. The van der Waals surface area contributed by atoms with Crippen LogP contribution in [0.25, 0.3) is 66.1 Å². The Hall–Kier alpha value is -6.16. The first-order chi connectivity index (χ1) is 25.0. The molecule has 2 heterocycles. The van der Waals surface area contributed by atoms with Crippen molar-refractivity contribution >= 4 is 68.2 Å². The van der Waals surface area contributed by atoms with E-state index in [-0.39, 0.29) is 0 Å². The fourth-order valence-electron chi connectivity index (χ4n) is 8.21. The first kappa shape index (κ1) is 29.7. The molecule has 1 aromatic heterocycles. The van der Waals surface area contributed by atoms with Gasteiger partial charge >= 0.3 is 0 Å². The Balaban J connectivity index is 1.13. The van der Waals surface area contributed by atoms with Gasteiger partial charge in [-0.25, -0.2) is 0 Å². The summed E-state index contributed by atoms with van der Waals surface area (Å²) in [6, 6.07) is 64.1. The summed E-state index contributed by atoms with van der Waals surface area (Å²) in [6.45, 7) is 4.97. The average Bonchev–Trinajstić information content (AvgIpc) is 3.65. The van der Waals surface area contributed by atoms with Gasteiger partial charge in [-0.1, -0.05) is 134 Å². The minimum Gasteiger partial charge on any atom is -0.456 e. The lowest BCUT2D eigenvalue weighted by molar-refractivity contribution is 0.669. The van der Waals surface area contributed by atoms with E-state index >= 15 is 0 Å². The molecule has 1 aliphatic heterocycles. The topological polar surface area (TPSA) is 16.4 Å². The zero-order chi connectivity index (χ0) is 34.1. The van der Waals surface area contributed by atoms with Crippen molar-refractivity contribution in [2.75, 3.05) is 4.90 Å². The highest BCUT2D eigenvalue weighted by Crippen LogP contribution is 2.43. The molecule has 9 aromatic rings. The molecular formula is C48H35NOSi. The van der Waals surface area contributed by atoms with Crippen LogP contribution in [0.15, 0.2) is 180 Å². The highest BCUT2D eigenvalue weighted by atomic mass is 28.3. The van der Waals surface area contributed by atoms with Crippen molar-refractivity contribution in [3.8, 4) is 33.4 Å². The third kappa shape index (κ3) is 4.77. The largest absolute Gasteiger partial charge is 0.456 e. The molecule has 0 fully saturated rings. The van der Waals surface area contributed by atoms with Gasteiger partial charge < -0.3 is 9.32 Å². The van der Waals surface area contributed by atoms with E-state index in [2.05, 4.69) is 188 Å². The molecule has 0 radical (unpaired) electrons.